The van der Waals surface area contributed by atoms with Crippen molar-refractivity contribution in [1.29, 1.82) is 0 Å². The number of carbonyl (C=O) groups is 2. The molecule has 3 aromatic carbocycles. The van der Waals surface area contributed by atoms with Gasteiger partial charge in [0.1, 0.15) is 17.9 Å². The quantitative estimate of drug-likeness (QED) is 0.0174. The monoisotopic (exact) mass is 1320 g/mol. The van der Waals surface area contributed by atoms with Crippen LogP contribution in [0.15, 0.2) is 83.4 Å². The van der Waals surface area contributed by atoms with Gasteiger partial charge in [0.05, 0.1) is 189 Å². The number of nitrogens with one attached hydrogen (secondary N) is 4. The Morgan fingerprint density at radius 1 is 0.564 bits per heavy atom. The lowest BCUT2D eigenvalue weighted by Crippen LogP contribution is -2.29. The van der Waals surface area contributed by atoms with E-state index in [-0.39, 0.29) is 42.6 Å². The zero-order chi connectivity index (χ0) is 66.5. The first-order valence-electron chi connectivity index (χ1n) is 32.2. The lowest BCUT2D eigenvalue weighted by Gasteiger charge is -2.15. The highest BCUT2D eigenvalue weighted by atomic mass is 16.6. The normalized spacial score (nSPS) is 11.7. The minimum atomic E-state index is -0.0819. The van der Waals surface area contributed by atoms with Gasteiger partial charge in [-0.05, 0) is 70.5 Å². The molecule has 0 aliphatic heterocycles. The molecule has 0 saturated carbocycles. The van der Waals surface area contributed by atoms with Crippen molar-refractivity contribution in [2.75, 3.05) is 183 Å². The number of anilines is 2. The summed E-state index contributed by atoms with van der Waals surface area (Å²) in [5.74, 6) is 0.922. The molecule has 29 nitrogen and oxygen atoms in total. The summed E-state index contributed by atoms with van der Waals surface area (Å²) in [7, 11) is 0. The van der Waals surface area contributed by atoms with Crippen molar-refractivity contribution in [3.05, 3.63) is 101 Å². The second-order valence-electron chi connectivity index (χ2n) is 21.7. The van der Waals surface area contributed by atoms with E-state index < -0.39 is 0 Å². The first kappa shape index (κ1) is 75.6. The van der Waals surface area contributed by atoms with E-state index in [1.165, 1.54) is 6.33 Å². The molecular weight excluding hydrogens is 1220 g/mol. The number of aromatic nitrogens is 7. The van der Waals surface area contributed by atoms with Gasteiger partial charge in [-0.3, -0.25) is 9.59 Å². The number of aromatic amines is 1. The van der Waals surface area contributed by atoms with Gasteiger partial charge in [-0.15, -0.1) is 5.10 Å². The van der Waals surface area contributed by atoms with E-state index in [9.17, 15) is 14.7 Å². The lowest BCUT2D eigenvalue weighted by atomic mass is 9.93. The Bertz CT molecular complexity index is 3000. The number of imidazole rings is 1. The van der Waals surface area contributed by atoms with E-state index in [1.807, 2.05) is 94.6 Å². The molecule has 0 aliphatic carbocycles. The van der Waals surface area contributed by atoms with E-state index in [1.54, 1.807) is 4.68 Å². The molecule has 6 aromatic rings. The number of H-pyrrole nitrogens is 1. The van der Waals surface area contributed by atoms with Crippen LogP contribution in [-0.4, -0.2) is 224 Å². The maximum atomic E-state index is 12.5. The predicted molar refractivity (Wildman–Crippen MR) is 350 cm³/mol. The van der Waals surface area contributed by atoms with E-state index in [4.69, 9.17) is 67.3 Å². The summed E-state index contributed by atoms with van der Waals surface area (Å²) in [6.07, 6.45) is 4.36. The smallest absolute Gasteiger partial charge is 0.245 e. The van der Waals surface area contributed by atoms with Crippen LogP contribution in [-0.2, 0) is 92.5 Å². The van der Waals surface area contributed by atoms with Crippen molar-refractivity contribution in [3.8, 4) is 11.6 Å². The number of aromatic hydroxyl groups is 1. The predicted octanol–water partition coefficient (Wildman–Crippen LogP) is 6.54. The first-order valence-corrected chi connectivity index (χ1v) is 32.2. The number of phenols is 1. The van der Waals surface area contributed by atoms with E-state index in [2.05, 4.69) is 56.4 Å². The molecule has 518 valence electrons. The van der Waals surface area contributed by atoms with Crippen LogP contribution >= 0.6 is 0 Å². The molecule has 0 atom stereocenters. The molecular formula is C65H97N13O16. The number of fused-ring (bicyclic) bond motifs is 1. The summed E-state index contributed by atoms with van der Waals surface area (Å²) >= 11 is 0. The molecule has 2 amide bonds. The highest BCUT2D eigenvalue weighted by molar-refractivity contribution is 5.77. The molecule has 3 aromatic heterocycles. The molecule has 3 heterocycles. The number of amides is 2. The number of hydrogen-bond acceptors (Lipinski definition) is 25. The summed E-state index contributed by atoms with van der Waals surface area (Å²) in [5.41, 5.74) is 13.5. The molecule has 7 N–H and O–H groups in total. The van der Waals surface area contributed by atoms with Gasteiger partial charge in [-0.25, -0.2) is 9.67 Å². The number of hydrogen-bond donors (Lipinski definition) is 6. The highest BCUT2D eigenvalue weighted by Gasteiger charge is 2.16. The molecule has 0 fully saturated rings. The van der Waals surface area contributed by atoms with E-state index in [0.717, 1.165) is 33.6 Å². The Hall–Kier alpha value is -7.39. The number of benzene rings is 3. The summed E-state index contributed by atoms with van der Waals surface area (Å²) in [6.45, 7) is 21.1. The maximum Gasteiger partial charge on any atom is 0.245 e. The maximum absolute atomic E-state index is 12.5. The van der Waals surface area contributed by atoms with Crippen molar-refractivity contribution < 1.29 is 76.3 Å². The fraction of sp³-hybridized carbons (Fsp3) is 0.585. The molecule has 0 saturated heterocycles. The number of nitrogen functional groups attached to an aromatic ring is 1. The minimum Gasteiger partial charge on any atom is -0.507 e. The largest absolute Gasteiger partial charge is 0.507 e. The minimum absolute atomic E-state index is 0.0795. The Kier molecular flexibility index (Phi) is 37.5. The molecule has 0 aliphatic rings. The topological polar surface area (TPSA) is 346 Å². The van der Waals surface area contributed by atoms with Crippen LogP contribution in [0.1, 0.15) is 80.3 Å². The number of phenolic OH excluding ortho intramolecular Hbond substituents is 1. The van der Waals surface area contributed by atoms with Gasteiger partial charge in [0, 0.05) is 50.8 Å². The van der Waals surface area contributed by atoms with Gasteiger partial charge in [-0.2, -0.15) is 20.2 Å². The summed E-state index contributed by atoms with van der Waals surface area (Å²) in [5, 5.41) is 37.0. The van der Waals surface area contributed by atoms with Gasteiger partial charge in [0.25, 0.3) is 0 Å². The molecule has 0 unspecified atom stereocenters. The molecule has 29 heteroatoms. The molecule has 0 spiro atoms. The number of ether oxygens (including phenoxy) is 13. The van der Waals surface area contributed by atoms with Gasteiger partial charge in [-0.1, -0.05) is 57.2 Å². The third-order valence-corrected chi connectivity index (χ3v) is 13.7. The van der Waals surface area contributed by atoms with Crippen LogP contribution in [0.3, 0.4) is 0 Å². The fourth-order valence-corrected chi connectivity index (χ4v) is 8.63. The van der Waals surface area contributed by atoms with Crippen LogP contribution in [0.5, 0.6) is 11.6 Å². The van der Waals surface area contributed by atoms with Crippen molar-refractivity contribution in [3.63, 3.8) is 0 Å². The number of azo groups is 1. The van der Waals surface area contributed by atoms with E-state index >= 15 is 0 Å². The second-order valence-corrected chi connectivity index (χ2v) is 21.7. The third-order valence-electron chi connectivity index (χ3n) is 13.7. The Morgan fingerprint density at radius 3 is 1.54 bits per heavy atom. The van der Waals surface area contributed by atoms with Crippen molar-refractivity contribution >= 4 is 46.0 Å². The zero-order valence-corrected chi connectivity index (χ0v) is 54.9. The lowest BCUT2D eigenvalue weighted by molar-refractivity contribution is -0.122. The standard InChI is InChI=1S/C65H97N13O16/c1-49(2)57-43-56(44-58(50(3)4)62(57)81)75-74-54-11-9-53(10-12-54)67-16-17-68-60(80)15-19-82-21-23-84-25-27-86-29-31-88-33-35-90-37-39-92-41-42-93-40-38-91-36-34-89-32-30-87-28-26-85-24-22-83-20-18-78-46-55(76-77-78)13-14-59(79)69-45-51-5-7-52(8-6-51)47-94-64-61-63(71-48-70-61)72-65(66)73-64/h5-12,43-44,46,48-50,67,81H,13-42,45,47H2,1-4H3,(H,68,80)(H,69,79)(H3,66,70,71,72,73). The number of nitrogens with zero attached hydrogens (tertiary/aromatic N) is 8. The van der Waals surface area contributed by atoms with Gasteiger partial charge in [0.2, 0.25) is 23.6 Å². The number of rotatable bonds is 55. The average molecular weight is 1320 g/mol. The average Bonchev–Trinajstić information content (AvgIpc) is 1.39. The summed E-state index contributed by atoms with van der Waals surface area (Å²) in [4.78, 5) is 40.0. The Balaban J connectivity index is 0.585. The molecule has 0 bridgehead atoms. The number of nitrogens with two attached hydrogens (primary N) is 1. The zero-order valence-electron chi connectivity index (χ0n) is 54.9. The third kappa shape index (κ3) is 32.2. The van der Waals surface area contributed by atoms with Crippen molar-refractivity contribution in [2.45, 2.75) is 78.5 Å². The van der Waals surface area contributed by atoms with Crippen LogP contribution in [0.4, 0.5) is 23.0 Å². The molecule has 94 heavy (non-hydrogen) atoms. The SMILES string of the molecule is CC(C)c1cc(N=Nc2ccc(NCCNC(=O)CCOCCOCCOCCOCCOCCOCCOCCOCCOCCOCCOCCOCCn3cc(CCC(=O)NCc4ccc(COc5nc(N)nc6nc[nH]c56)cc4)nn3)cc2)cc(C(C)C)c1O. The summed E-state index contributed by atoms with van der Waals surface area (Å²) in [6, 6.07) is 19.1. The van der Waals surface area contributed by atoms with E-state index in [0.29, 0.717) is 232 Å². The number of carbonyl (C=O) groups excluding carboxylic acids is 2. The van der Waals surface area contributed by atoms with Crippen LogP contribution in [0.25, 0.3) is 11.2 Å². The van der Waals surface area contributed by atoms with Gasteiger partial charge >= 0.3 is 0 Å². The molecule has 6 rings (SSSR count). The fourth-order valence-electron chi connectivity index (χ4n) is 8.63. The van der Waals surface area contributed by atoms with Gasteiger partial charge < -0.3 is 93.4 Å². The number of aryl methyl sites for hydroxylation is 1. The van der Waals surface area contributed by atoms with Crippen molar-refractivity contribution in [1.82, 2.24) is 45.6 Å². The van der Waals surface area contributed by atoms with Crippen LogP contribution < -0.4 is 26.4 Å². The Labute approximate surface area is 550 Å². The molecule has 0 radical (unpaired) electrons. The van der Waals surface area contributed by atoms with Crippen molar-refractivity contribution in [2.24, 2.45) is 10.2 Å². The van der Waals surface area contributed by atoms with Crippen LogP contribution in [0, 0.1) is 0 Å². The first-order chi connectivity index (χ1) is 46.0. The van der Waals surface area contributed by atoms with Gasteiger partial charge in [0.15, 0.2) is 5.65 Å². The second kappa shape index (κ2) is 46.7. The Morgan fingerprint density at radius 2 is 1.03 bits per heavy atom. The highest BCUT2D eigenvalue weighted by Crippen LogP contribution is 2.38. The summed E-state index contributed by atoms with van der Waals surface area (Å²) < 4.78 is 74.2. The van der Waals surface area contributed by atoms with Crippen LogP contribution in [0.2, 0.25) is 0 Å².